The predicted octanol–water partition coefficient (Wildman–Crippen LogP) is 7.50. The van der Waals surface area contributed by atoms with Gasteiger partial charge in [0.15, 0.2) is 5.65 Å². The van der Waals surface area contributed by atoms with Crippen LogP contribution in [0.3, 0.4) is 0 Å². The van der Waals surface area contributed by atoms with Crippen LogP contribution in [0.5, 0.6) is 5.75 Å². The summed E-state index contributed by atoms with van der Waals surface area (Å²) >= 11 is 0. The summed E-state index contributed by atoms with van der Waals surface area (Å²) in [5.41, 5.74) is 1.48. The van der Waals surface area contributed by atoms with E-state index < -0.39 is 17.6 Å². The second-order valence-electron chi connectivity index (χ2n) is 13.4. The number of esters is 1. The van der Waals surface area contributed by atoms with Crippen molar-refractivity contribution in [2.24, 2.45) is 5.41 Å². The third kappa shape index (κ3) is 8.21. The van der Waals surface area contributed by atoms with Gasteiger partial charge in [0, 0.05) is 56.9 Å². The highest BCUT2D eigenvalue weighted by molar-refractivity contribution is 5.91. The number of methoxy groups -OCH3 is 1. The number of nitrogens with zero attached hydrogens (tertiary/aromatic N) is 4. The van der Waals surface area contributed by atoms with Gasteiger partial charge in [-0.05, 0) is 81.1 Å². The minimum atomic E-state index is -4.71. The van der Waals surface area contributed by atoms with Crippen LogP contribution >= 0.6 is 0 Å². The molecule has 0 bridgehead atoms. The molecule has 0 amide bonds. The number of carbonyl (C=O) groups is 1. The molecule has 1 N–H and O–H groups in total. The zero-order valence-corrected chi connectivity index (χ0v) is 28.6. The van der Waals surface area contributed by atoms with Crippen molar-refractivity contribution in [3.05, 3.63) is 59.9 Å². The maximum absolute atomic E-state index is 14.5. The standard InChI is InChI=1S/C37H43F4N5O4/c1-4-49-32(47)12-17-46-15-10-29(11-16-46)50-28-8-6-24(7-9-28)34-43-33-31(45(2)22-36(23-48-3)13-5-14-36)21-30(42-35(33)44-34)25-18-26(37(39,40)41)20-27(38)19-25/h6-9,18-21,29H,4-5,10-17,22-23H2,1-3H3,(H,42,43,44). The number of hydrogen-bond donors (Lipinski definition) is 1. The van der Waals surface area contributed by atoms with Crippen LogP contribution in [0, 0.1) is 11.2 Å². The molecule has 2 aliphatic rings. The van der Waals surface area contributed by atoms with E-state index in [1.807, 2.05) is 31.3 Å². The van der Waals surface area contributed by atoms with Crippen LogP contribution in [0.4, 0.5) is 23.2 Å². The average molecular weight is 698 g/mol. The first-order chi connectivity index (χ1) is 23.9. The number of imidazole rings is 1. The molecule has 1 saturated carbocycles. The molecule has 6 rings (SSSR count). The first kappa shape index (κ1) is 35.6. The summed E-state index contributed by atoms with van der Waals surface area (Å²) in [5.74, 6) is 0.0900. The number of ether oxygens (including phenoxy) is 3. The van der Waals surface area contributed by atoms with Gasteiger partial charge in [0.1, 0.15) is 29.0 Å². The number of pyridine rings is 1. The zero-order chi connectivity index (χ0) is 35.5. The number of hydrogen-bond acceptors (Lipinski definition) is 8. The molecule has 3 heterocycles. The highest BCUT2D eigenvalue weighted by atomic mass is 19.4. The van der Waals surface area contributed by atoms with E-state index in [0.717, 1.165) is 68.6 Å². The van der Waals surface area contributed by atoms with E-state index in [1.54, 1.807) is 20.1 Å². The minimum absolute atomic E-state index is 0.0139. The molecule has 2 aromatic heterocycles. The van der Waals surface area contributed by atoms with Gasteiger partial charge in [0.25, 0.3) is 0 Å². The molecule has 1 saturated heterocycles. The number of aromatic amines is 1. The lowest BCUT2D eigenvalue weighted by Gasteiger charge is -2.44. The zero-order valence-electron chi connectivity index (χ0n) is 28.6. The molecular weight excluding hydrogens is 654 g/mol. The number of piperidine rings is 1. The van der Waals surface area contributed by atoms with Gasteiger partial charge in [0.05, 0.1) is 36.6 Å². The number of aromatic nitrogens is 3. The molecule has 4 aromatic rings. The summed E-state index contributed by atoms with van der Waals surface area (Å²) < 4.78 is 72.2. The summed E-state index contributed by atoms with van der Waals surface area (Å²) in [6.45, 7) is 5.80. The Balaban J connectivity index is 1.23. The lowest BCUT2D eigenvalue weighted by atomic mass is 9.69. The molecule has 0 spiro atoms. The Hall–Kier alpha value is -4.23. The molecule has 1 aliphatic heterocycles. The molecule has 2 fully saturated rings. The Bertz CT molecular complexity index is 1780. The number of carbonyl (C=O) groups excluding carboxylic acids is 1. The molecule has 0 unspecified atom stereocenters. The van der Waals surface area contributed by atoms with Crippen molar-refractivity contribution in [3.8, 4) is 28.4 Å². The Labute approximate surface area is 288 Å². The number of rotatable bonds is 13. The van der Waals surface area contributed by atoms with E-state index >= 15 is 0 Å². The molecule has 0 atom stereocenters. The van der Waals surface area contributed by atoms with E-state index in [2.05, 4.69) is 19.8 Å². The van der Waals surface area contributed by atoms with Crippen molar-refractivity contribution in [1.29, 1.82) is 0 Å². The molecular formula is C37H43F4N5O4. The van der Waals surface area contributed by atoms with E-state index in [4.69, 9.17) is 19.2 Å². The van der Waals surface area contributed by atoms with Crippen molar-refractivity contribution in [2.45, 2.75) is 57.7 Å². The summed E-state index contributed by atoms with van der Waals surface area (Å²) in [7, 11) is 3.61. The Morgan fingerprint density at radius 3 is 2.44 bits per heavy atom. The van der Waals surface area contributed by atoms with Crippen LogP contribution < -0.4 is 9.64 Å². The molecule has 1 aliphatic carbocycles. The number of likely N-dealkylation sites (tertiary alicyclic amines) is 1. The smallest absolute Gasteiger partial charge is 0.416 e. The predicted molar refractivity (Wildman–Crippen MR) is 182 cm³/mol. The van der Waals surface area contributed by atoms with Crippen LogP contribution in [-0.2, 0) is 20.4 Å². The van der Waals surface area contributed by atoms with Crippen LogP contribution in [0.15, 0.2) is 48.5 Å². The lowest BCUT2D eigenvalue weighted by molar-refractivity contribution is -0.143. The van der Waals surface area contributed by atoms with Crippen LogP contribution in [0.1, 0.15) is 51.0 Å². The highest BCUT2D eigenvalue weighted by Gasteiger charge is 2.38. The lowest BCUT2D eigenvalue weighted by Crippen LogP contribution is -2.44. The first-order valence-corrected chi connectivity index (χ1v) is 17.1. The largest absolute Gasteiger partial charge is 0.490 e. The summed E-state index contributed by atoms with van der Waals surface area (Å²) in [5, 5.41) is 0. The minimum Gasteiger partial charge on any atom is -0.490 e. The molecule has 268 valence electrons. The fourth-order valence-electron chi connectivity index (χ4n) is 6.99. The normalized spacial score (nSPS) is 16.7. The molecule has 9 nitrogen and oxygen atoms in total. The summed E-state index contributed by atoms with van der Waals surface area (Å²) in [4.78, 5) is 28.8. The number of halogens is 4. The van der Waals surface area contributed by atoms with Gasteiger partial charge >= 0.3 is 12.1 Å². The van der Waals surface area contributed by atoms with E-state index in [9.17, 15) is 22.4 Å². The topological polar surface area (TPSA) is 92.8 Å². The fourth-order valence-corrected chi connectivity index (χ4v) is 6.99. The van der Waals surface area contributed by atoms with Gasteiger partial charge in [-0.1, -0.05) is 6.42 Å². The van der Waals surface area contributed by atoms with Crippen molar-refractivity contribution in [3.63, 3.8) is 0 Å². The Morgan fingerprint density at radius 2 is 1.80 bits per heavy atom. The maximum Gasteiger partial charge on any atom is 0.416 e. The summed E-state index contributed by atoms with van der Waals surface area (Å²) in [6.07, 6.45) is 0.529. The van der Waals surface area contributed by atoms with Crippen LogP contribution in [0.25, 0.3) is 33.8 Å². The number of nitrogens with one attached hydrogen (secondary N) is 1. The number of anilines is 1. The van der Waals surface area contributed by atoms with Gasteiger partial charge in [-0.2, -0.15) is 13.2 Å². The van der Waals surface area contributed by atoms with Crippen molar-refractivity contribution >= 4 is 22.8 Å². The van der Waals surface area contributed by atoms with Crippen LogP contribution in [0.2, 0.25) is 0 Å². The average Bonchev–Trinajstić information content (AvgIpc) is 3.51. The fraction of sp³-hybridized carbons (Fsp3) is 0.486. The van der Waals surface area contributed by atoms with Crippen molar-refractivity contribution in [1.82, 2.24) is 19.9 Å². The third-order valence-corrected chi connectivity index (χ3v) is 9.71. The summed E-state index contributed by atoms with van der Waals surface area (Å²) in [6, 6.07) is 11.7. The molecule has 2 aromatic carbocycles. The van der Waals surface area contributed by atoms with E-state index in [-0.39, 0.29) is 28.7 Å². The number of benzene rings is 2. The molecule has 50 heavy (non-hydrogen) atoms. The monoisotopic (exact) mass is 697 g/mol. The van der Waals surface area contributed by atoms with Gasteiger partial charge in [-0.25, -0.2) is 14.4 Å². The molecule has 13 heteroatoms. The van der Waals surface area contributed by atoms with Gasteiger partial charge in [-0.3, -0.25) is 4.79 Å². The van der Waals surface area contributed by atoms with Gasteiger partial charge in [-0.15, -0.1) is 0 Å². The maximum atomic E-state index is 14.5. The highest BCUT2D eigenvalue weighted by Crippen LogP contribution is 2.43. The Morgan fingerprint density at radius 1 is 1.06 bits per heavy atom. The van der Waals surface area contributed by atoms with Gasteiger partial charge in [0.2, 0.25) is 0 Å². The van der Waals surface area contributed by atoms with Gasteiger partial charge < -0.3 is 29.0 Å². The van der Waals surface area contributed by atoms with Crippen molar-refractivity contribution < 1.29 is 36.6 Å². The molecule has 0 radical (unpaired) electrons. The number of fused-ring (bicyclic) bond motifs is 1. The van der Waals surface area contributed by atoms with E-state index in [0.29, 0.717) is 61.5 Å². The number of alkyl halides is 3. The second kappa shape index (κ2) is 14.9. The second-order valence-corrected chi connectivity index (χ2v) is 13.4. The third-order valence-electron chi connectivity index (χ3n) is 9.71. The quantitative estimate of drug-likeness (QED) is 0.114. The first-order valence-electron chi connectivity index (χ1n) is 17.1. The Kier molecular flexibility index (Phi) is 10.6. The van der Waals surface area contributed by atoms with Crippen molar-refractivity contribution in [2.75, 3.05) is 58.5 Å². The number of H-pyrrole nitrogens is 1. The SMILES string of the molecule is CCOC(=O)CCN1CCC(Oc2ccc(-c3nc4nc(-c5cc(F)cc(C(F)(F)F)c5)cc(N(C)CC5(COC)CCC5)c4[nH]3)cc2)CC1. The van der Waals surface area contributed by atoms with E-state index in [1.165, 1.54) is 0 Å². The van der Waals surface area contributed by atoms with Crippen LogP contribution in [-0.4, -0.2) is 85.5 Å².